The lowest BCUT2D eigenvalue weighted by Crippen LogP contribution is -2.15. The smallest absolute Gasteiger partial charge is 0.119 e. The summed E-state index contributed by atoms with van der Waals surface area (Å²) >= 11 is 0. The van der Waals surface area contributed by atoms with Crippen LogP contribution >= 0.6 is 0 Å². The average Bonchev–Trinajstić information content (AvgIpc) is 2.44. The molecule has 0 aliphatic heterocycles. The van der Waals surface area contributed by atoms with Gasteiger partial charge in [0.25, 0.3) is 0 Å². The first-order chi connectivity index (χ1) is 9.63. The minimum absolute atomic E-state index is 0.250. The van der Waals surface area contributed by atoms with Crippen LogP contribution in [0.25, 0.3) is 0 Å². The van der Waals surface area contributed by atoms with E-state index in [-0.39, 0.29) is 6.04 Å². The standard InChI is InChI=1S/C17H22N2O/c1-13-9-16(11-19-10-13)12-20-17-7-5-15(6-8-17)4-3-14(2)18/h5-11,14H,3-4,12,18H2,1-2H3. The topological polar surface area (TPSA) is 48.1 Å². The van der Waals surface area contributed by atoms with Crippen molar-refractivity contribution in [2.45, 2.75) is 39.3 Å². The molecular formula is C17H22N2O. The quantitative estimate of drug-likeness (QED) is 0.876. The fourth-order valence-electron chi connectivity index (χ4n) is 2.01. The first kappa shape index (κ1) is 14.5. The van der Waals surface area contributed by atoms with Gasteiger partial charge >= 0.3 is 0 Å². The van der Waals surface area contributed by atoms with Crippen LogP contribution in [0.15, 0.2) is 42.7 Å². The second kappa shape index (κ2) is 7.06. The van der Waals surface area contributed by atoms with Crippen molar-refractivity contribution in [3.63, 3.8) is 0 Å². The van der Waals surface area contributed by atoms with E-state index in [2.05, 4.69) is 23.2 Å². The summed E-state index contributed by atoms with van der Waals surface area (Å²) in [5.41, 5.74) is 9.30. The van der Waals surface area contributed by atoms with E-state index in [9.17, 15) is 0 Å². The highest BCUT2D eigenvalue weighted by Crippen LogP contribution is 2.15. The third kappa shape index (κ3) is 4.67. The Morgan fingerprint density at radius 2 is 1.90 bits per heavy atom. The number of rotatable bonds is 6. The summed E-state index contributed by atoms with van der Waals surface area (Å²) < 4.78 is 5.76. The number of pyridine rings is 1. The van der Waals surface area contributed by atoms with Crippen LogP contribution in [0.4, 0.5) is 0 Å². The molecule has 0 spiro atoms. The van der Waals surface area contributed by atoms with Crippen molar-refractivity contribution in [2.75, 3.05) is 0 Å². The fourth-order valence-corrected chi connectivity index (χ4v) is 2.01. The second-order valence-electron chi connectivity index (χ2n) is 5.32. The van der Waals surface area contributed by atoms with Crippen LogP contribution in [-0.2, 0) is 13.0 Å². The van der Waals surface area contributed by atoms with Crippen molar-refractivity contribution in [1.82, 2.24) is 4.98 Å². The maximum atomic E-state index is 5.76. The highest BCUT2D eigenvalue weighted by Gasteiger charge is 2.00. The molecule has 2 aromatic rings. The molecule has 3 nitrogen and oxygen atoms in total. The van der Waals surface area contributed by atoms with Gasteiger partial charge in [0, 0.05) is 24.0 Å². The zero-order valence-corrected chi connectivity index (χ0v) is 12.2. The van der Waals surface area contributed by atoms with E-state index in [1.54, 1.807) is 0 Å². The predicted molar refractivity (Wildman–Crippen MR) is 81.7 cm³/mol. The van der Waals surface area contributed by atoms with Gasteiger partial charge < -0.3 is 10.5 Å². The van der Waals surface area contributed by atoms with Gasteiger partial charge in [-0.3, -0.25) is 4.98 Å². The van der Waals surface area contributed by atoms with Crippen LogP contribution in [-0.4, -0.2) is 11.0 Å². The highest BCUT2D eigenvalue weighted by molar-refractivity contribution is 5.28. The van der Waals surface area contributed by atoms with Gasteiger partial charge in [-0.2, -0.15) is 0 Å². The van der Waals surface area contributed by atoms with Gasteiger partial charge in [-0.25, -0.2) is 0 Å². The van der Waals surface area contributed by atoms with E-state index < -0.39 is 0 Å². The number of hydrogen-bond donors (Lipinski definition) is 1. The zero-order valence-electron chi connectivity index (χ0n) is 12.2. The molecule has 0 aliphatic carbocycles. The normalized spacial score (nSPS) is 12.2. The molecule has 106 valence electrons. The summed E-state index contributed by atoms with van der Waals surface area (Å²) in [4.78, 5) is 4.16. The van der Waals surface area contributed by atoms with Gasteiger partial charge in [0.05, 0.1) is 0 Å². The van der Waals surface area contributed by atoms with Crippen molar-refractivity contribution >= 4 is 0 Å². The lowest BCUT2D eigenvalue weighted by molar-refractivity contribution is 0.305. The number of benzene rings is 1. The van der Waals surface area contributed by atoms with Crippen LogP contribution in [0.2, 0.25) is 0 Å². The Morgan fingerprint density at radius 1 is 1.15 bits per heavy atom. The van der Waals surface area contributed by atoms with E-state index in [4.69, 9.17) is 10.5 Å². The molecule has 0 fully saturated rings. The molecule has 2 N–H and O–H groups in total. The zero-order chi connectivity index (χ0) is 14.4. The summed E-state index contributed by atoms with van der Waals surface area (Å²) in [5.74, 6) is 0.885. The van der Waals surface area contributed by atoms with Gasteiger partial charge in [0.15, 0.2) is 0 Å². The molecule has 0 bridgehead atoms. The summed E-state index contributed by atoms with van der Waals surface area (Å²) in [6, 6.07) is 10.6. The summed E-state index contributed by atoms with van der Waals surface area (Å²) in [5, 5.41) is 0. The van der Waals surface area contributed by atoms with Gasteiger partial charge in [-0.05, 0) is 56.0 Å². The summed E-state index contributed by atoms with van der Waals surface area (Å²) in [7, 11) is 0. The number of hydrogen-bond acceptors (Lipinski definition) is 3. The molecule has 1 unspecified atom stereocenters. The van der Waals surface area contributed by atoms with Crippen molar-refractivity contribution < 1.29 is 4.74 Å². The third-order valence-electron chi connectivity index (χ3n) is 3.15. The lowest BCUT2D eigenvalue weighted by atomic mass is 10.1. The van der Waals surface area contributed by atoms with Crippen molar-refractivity contribution in [3.05, 3.63) is 59.4 Å². The average molecular weight is 270 g/mol. The molecule has 0 radical (unpaired) electrons. The van der Waals surface area contributed by atoms with Crippen molar-refractivity contribution in [3.8, 4) is 5.75 Å². The predicted octanol–water partition coefficient (Wildman–Crippen LogP) is 3.25. The minimum Gasteiger partial charge on any atom is -0.489 e. The van der Waals surface area contributed by atoms with E-state index in [0.717, 1.165) is 29.7 Å². The molecular weight excluding hydrogens is 248 g/mol. The summed E-state index contributed by atoms with van der Waals surface area (Å²) in [6.07, 6.45) is 5.70. The molecule has 0 aliphatic rings. The molecule has 1 aromatic heterocycles. The number of ether oxygens (including phenoxy) is 1. The van der Waals surface area contributed by atoms with Gasteiger partial charge in [-0.15, -0.1) is 0 Å². The first-order valence-corrected chi connectivity index (χ1v) is 7.01. The van der Waals surface area contributed by atoms with Crippen LogP contribution in [0, 0.1) is 6.92 Å². The van der Waals surface area contributed by atoms with E-state index in [0.29, 0.717) is 6.61 Å². The first-order valence-electron chi connectivity index (χ1n) is 7.01. The van der Waals surface area contributed by atoms with Crippen LogP contribution in [0.1, 0.15) is 30.0 Å². The van der Waals surface area contributed by atoms with Gasteiger partial charge in [0.2, 0.25) is 0 Å². The Bertz CT molecular complexity index is 535. The Hall–Kier alpha value is -1.87. The molecule has 0 saturated heterocycles. The number of nitrogens with two attached hydrogens (primary N) is 1. The van der Waals surface area contributed by atoms with Gasteiger partial charge in [0.1, 0.15) is 12.4 Å². The van der Waals surface area contributed by atoms with E-state index >= 15 is 0 Å². The molecule has 20 heavy (non-hydrogen) atoms. The van der Waals surface area contributed by atoms with Crippen LogP contribution in [0.3, 0.4) is 0 Å². The Kier molecular flexibility index (Phi) is 5.13. The lowest BCUT2D eigenvalue weighted by Gasteiger charge is -2.08. The molecule has 0 saturated carbocycles. The molecule has 1 atom stereocenters. The maximum absolute atomic E-state index is 5.76. The minimum atomic E-state index is 0.250. The molecule has 1 heterocycles. The van der Waals surface area contributed by atoms with Crippen LogP contribution < -0.4 is 10.5 Å². The molecule has 0 amide bonds. The number of aryl methyl sites for hydroxylation is 2. The largest absolute Gasteiger partial charge is 0.489 e. The highest BCUT2D eigenvalue weighted by atomic mass is 16.5. The van der Waals surface area contributed by atoms with Crippen molar-refractivity contribution in [1.29, 1.82) is 0 Å². The Balaban J connectivity index is 1.87. The number of nitrogens with zero attached hydrogens (tertiary/aromatic N) is 1. The number of aromatic nitrogens is 1. The SMILES string of the molecule is Cc1cncc(COc2ccc(CCC(C)N)cc2)c1. The second-order valence-corrected chi connectivity index (χ2v) is 5.32. The molecule has 3 heteroatoms. The Morgan fingerprint density at radius 3 is 2.55 bits per heavy atom. The fraction of sp³-hybridized carbons (Fsp3) is 0.353. The molecule has 2 rings (SSSR count). The van der Waals surface area contributed by atoms with E-state index in [1.807, 2.05) is 38.4 Å². The maximum Gasteiger partial charge on any atom is 0.119 e. The monoisotopic (exact) mass is 270 g/mol. The van der Waals surface area contributed by atoms with Crippen LogP contribution in [0.5, 0.6) is 5.75 Å². The molecule has 1 aromatic carbocycles. The Labute approximate surface area is 120 Å². The van der Waals surface area contributed by atoms with Gasteiger partial charge in [-0.1, -0.05) is 12.1 Å². The summed E-state index contributed by atoms with van der Waals surface area (Å²) in [6.45, 7) is 4.62. The van der Waals surface area contributed by atoms with E-state index in [1.165, 1.54) is 5.56 Å². The third-order valence-corrected chi connectivity index (χ3v) is 3.15. The van der Waals surface area contributed by atoms with Crippen molar-refractivity contribution in [2.24, 2.45) is 5.73 Å².